The Morgan fingerprint density at radius 2 is 2.16 bits per heavy atom. The van der Waals surface area contributed by atoms with Crippen molar-refractivity contribution in [3.05, 3.63) is 11.8 Å². The first-order valence-electron chi connectivity index (χ1n) is 5.90. The molecule has 0 aromatic carbocycles. The van der Waals surface area contributed by atoms with Crippen LogP contribution in [-0.4, -0.2) is 71.2 Å². The SMILES string of the molecule is O=C1NCN=C2C(CN[C@H](CO)[C@H](O)CO)=CN=C12. The van der Waals surface area contributed by atoms with Gasteiger partial charge in [-0.15, -0.1) is 0 Å². The number of rotatable bonds is 6. The molecule has 0 saturated carbocycles. The van der Waals surface area contributed by atoms with E-state index in [4.69, 9.17) is 10.2 Å². The van der Waals surface area contributed by atoms with Gasteiger partial charge in [0.2, 0.25) is 0 Å². The lowest BCUT2D eigenvalue weighted by atomic mass is 10.1. The van der Waals surface area contributed by atoms with Gasteiger partial charge in [0.1, 0.15) is 6.67 Å². The summed E-state index contributed by atoms with van der Waals surface area (Å²) in [4.78, 5) is 19.6. The molecule has 0 aromatic heterocycles. The second-order valence-electron chi connectivity index (χ2n) is 4.22. The summed E-state index contributed by atoms with van der Waals surface area (Å²) in [5.41, 5.74) is 1.53. The van der Waals surface area contributed by atoms with Gasteiger partial charge in [-0.1, -0.05) is 0 Å². The molecule has 19 heavy (non-hydrogen) atoms. The predicted molar refractivity (Wildman–Crippen MR) is 67.9 cm³/mol. The lowest BCUT2D eigenvalue weighted by Crippen LogP contribution is -2.46. The Balaban J connectivity index is 1.95. The molecule has 8 heteroatoms. The fraction of sp³-hybridized carbons (Fsp3) is 0.545. The Kier molecular flexibility index (Phi) is 4.38. The number of carbonyl (C=O) groups is 1. The lowest BCUT2D eigenvalue weighted by molar-refractivity contribution is -0.114. The Hall–Kier alpha value is -1.61. The fourth-order valence-electron chi connectivity index (χ4n) is 1.85. The van der Waals surface area contributed by atoms with Gasteiger partial charge in [-0.25, -0.2) is 4.99 Å². The average molecular weight is 268 g/mol. The maximum absolute atomic E-state index is 11.5. The number of hydrogen-bond donors (Lipinski definition) is 5. The Bertz CT molecular complexity index is 458. The second kappa shape index (κ2) is 6.02. The van der Waals surface area contributed by atoms with Gasteiger partial charge in [0.15, 0.2) is 5.71 Å². The summed E-state index contributed by atoms with van der Waals surface area (Å²) in [7, 11) is 0. The minimum atomic E-state index is -1.05. The number of carbonyl (C=O) groups excluding carboxylic acids is 1. The Labute approximate surface area is 109 Å². The maximum Gasteiger partial charge on any atom is 0.273 e. The first-order chi connectivity index (χ1) is 9.17. The zero-order valence-corrected chi connectivity index (χ0v) is 10.2. The Morgan fingerprint density at radius 1 is 1.37 bits per heavy atom. The molecule has 0 saturated heterocycles. The molecule has 2 rings (SSSR count). The van der Waals surface area contributed by atoms with Crippen LogP contribution in [0, 0.1) is 0 Å². The highest BCUT2D eigenvalue weighted by Crippen LogP contribution is 2.12. The van der Waals surface area contributed by atoms with Gasteiger partial charge in [-0.3, -0.25) is 9.79 Å². The van der Waals surface area contributed by atoms with Crippen molar-refractivity contribution >= 4 is 17.3 Å². The van der Waals surface area contributed by atoms with Crippen molar-refractivity contribution in [2.24, 2.45) is 9.98 Å². The van der Waals surface area contributed by atoms with Crippen molar-refractivity contribution in [1.82, 2.24) is 10.6 Å². The molecule has 2 heterocycles. The molecule has 0 fully saturated rings. The number of aliphatic imine (C=N–C) groups is 2. The minimum Gasteiger partial charge on any atom is -0.395 e. The van der Waals surface area contributed by atoms with Crippen LogP contribution >= 0.6 is 0 Å². The van der Waals surface area contributed by atoms with Crippen LogP contribution in [-0.2, 0) is 4.79 Å². The molecule has 2 aliphatic rings. The molecule has 1 amide bonds. The highest BCUT2D eigenvalue weighted by atomic mass is 16.3. The summed E-state index contributed by atoms with van der Waals surface area (Å²) in [6, 6.07) is -0.645. The third-order valence-corrected chi connectivity index (χ3v) is 2.97. The number of fused-ring (bicyclic) bond motifs is 1. The number of nitrogens with zero attached hydrogens (tertiary/aromatic N) is 2. The zero-order chi connectivity index (χ0) is 13.8. The standard InChI is InChI=1S/C11H16N4O4/c16-3-7(8(18)4-17)12-1-6-2-13-10-9(6)14-5-15-11(10)19/h2,7-8,12,16-18H,1,3-5H2,(H,15,19)/t7-,8-/m1/s1. The summed E-state index contributed by atoms with van der Waals surface area (Å²) in [6.07, 6.45) is 0.482. The van der Waals surface area contributed by atoms with Crippen molar-refractivity contribution in [3.8, 4) is 0 Å². The van der Waals surface area contributed by atoms with E-state index in [0.717, 1.165) is 0 Å². The summed E-state index contributed by atoms with van der Waals surface area (Å²) in [5.74, 6) is -0.259. The number of amides is 1. The normalized spacial score (nSPS) is 21.0. The number of aliphatic hydroxyl groups is 3. The molecule has 2 aliphatic heterocycles. The average Bonchev–Trinajstić information content (AvgIpc) is 2.84. The van der Waals surface area contributed by atoms with Gasteiger partial charge in [0.05, 0.1) is 31.1 Å². The summed E-state index contributed by atoms with van der Waals surface area (Å²) in [5, 5.41) is 32.8. The molecule has 104 valence electrons. The fourth-order valence-corrected chi connectivity index (χ4v) is 1.85. The van der Waals surface area contributed by atoms with Crippen molar-refractivity contribution < 1.29 is 20.1 Å². The number of nitrogens with one attached hydrogen (secondary N) is 2. The van der Waals surface area contributed by atoms with Crippen molar-refractivity contribution in [3.63, 3.8) is 0 Å². The highest BCUT2D eigenvalue weighted by molar-refractivity contribution is 6.71. The van der Waals surface area contributed by atoms with E-state index >= 15 is 0 Å². The molecule has 8 nitrogen and oxygen atoms in total. The lowest BCUT2D eigenvalue weighted by Gasteiger charge is -2.21. The zero-order valence-electron chi connectivity index (χ0n) is 10.2. The second-order valence-corrected chi connectivity index (χ2v) is 4.22. The van der Waals surface area contributed by atoms with Crippen LogP contribution in [0.25, 0.3) is 0 Å². The number of aliphatic hydroxyl groups excluding tert-OH is 3. The Morgan fingerprint density at radius 3 is 2.84 bits per heavy atom. The van der Waals surface area contributed by atoms with E-state index in [0.29, 0.717) is 17.8 Å². The molecule has 0 radical (unpaired) electrons. The van der Waals surface area contributed by atoms with Gasteiger partial charge >= 0.3 is 0 Å². The van der Waals surface area contributed by atoms with E-state index in [1.54, 1.807) is 0 Å². The number of hydrogen-bond acceptors (Lipinski definition) is 7. The van der Waals surface area contributed by atoms with Crippen LogP contribution in [0.5, 0.6) is 0 Å². The van der Waals surface area contributed by atoms with Gasteiger partial charge in [-0.05, 0) is 0 Å². The van der Waals surface area contributed by atoms with E-state index < -0.39 is 18.8 Å². The molecule has 2 atom stereocenters. The van der Waals surface area contributed by atoms with Gasteiger partial charge in [0, 0.05) is 18.3 Å². The van der Waals surface area contributed by atoms with Crippen LogP contribution in [0.15, 0.2) is 21.8 Å². The molecule has 0 bridgehead atoms. The topological polar surface area (TPSA) is 127 Å². The van der Waals surface area contributed by atoms with Gasteiger partial charge in [-0.2, -0.15) is 0 Å². The monoisotopic (exact) mass is 268 g/mol. The van der Waals surface area contributed by atoms with E-state index in [1.807, 2.05) is 0 Å². The molecule has 0 aliphatic carbocycles. The summed E-state index contributed by atoms with van der Waals surface area (Å²) < 4.78 is 0. The van der Waals surface area contributed by atoms with E-state index in [9.17, 15) is 9.90 Å². The van der Waals surface area contributed by atoms with Crippen LogP contribution in [0.3, 0.4) is 0 Å². The molecule has 0 unspecified atom stereocenters. The van der Waals surface area contributed by atoms with Crippen molar-refractivity contribution in [2.75, 3.05) is 26.4 Å². The maximum atomic E-state index is 11.5. The van der Waals surface area contributed by atoms with Crippen molar-refractivity contribution in [1.29, 1.82) is 0 Å². The van der Waals surface area contributed by atoms with E-state index in [-0.39, 0.29) is 24.9 Å². The van der Waals surface area contributed by atoms with Crippen molar-refractivity contribution in [2.45, 2.75) is 12.1 Å². The smallest absolute Gasteiger partial charge is 0.273 e. The first-order valence-corrected chi connectivity index (χ1v) is 5.90. The van der Waals surface area contributed by atoms with Crippen LogP contribution in [0.4, 0.5) is 0 Å². The summed E-state index contributed by atoms with van der Waals surface area (Å²) >= 11 is 0. The minimum absolute atomic E-state index is 0.215. The molecule has 5 N–H and O–H groups in total. The quantitative estimate of drug-likeness (QED) is 0.354. The third kappa shape index (κ3) is 2.87. The van der Waals surface area contributed by atoms with E-state index in [1.165, 1.54) is 6.20 Å². The third-order valence-electron chi connectivity index (χ3n) is 2.97. The molecular formula is C11H16N4O4. The van der Waals surface area contributed by atoms with Crippen LogP contribution in [0.1, 0.15) is 0 Å². The molecule has 0 spiro atoms. The molecular weight excluding hydrogens is 252 g/mol. The largest absolute Gasteiger partial charge is 0.395 e. The molecule has 0 aromatic rings. The first kappa shape index (κ1) is 13.8. The van der Waals surface area contributed by atoms with Gasteiger partial charge < -0.3 is 26.0 Å². The van der Waals surface area contributed by atoms with Crippen LogP contribution in [0.2, 0.25) is 0 Å². The van der Waals surface area contributed by atoms with E-state index in [2.05, 4.69) is 20.6 Å². The summed E-state index contributed by atoms with van der Waals surface area (Å²) in [6.45, 7) is -0.243. The van der Waals surface area contributed by atoms with Crippen LogP contribution < -0.4 is 10.6 Å². The van der Waals surface area contributed by atoms with Gasteiger partial charge in [0.25, 0.3) is 5.91 Å². The highest BCUT2D eigenvalue weighted by Gasteiger charge is 2.28. The predicted octanol–water partition coefficient (Wildman–Crippen LogP) is -2.84.